The largest absolute Gasteiger partial charge is 0.436 e. The van der Waals surface area contributed by atoms with Crippen LogP contribution in [0.25, 0.3) is 0 Å². The molecule has 2 rings (SSSR count). The van der Waals surface area contributed by atoms with Gasteiger partial charge in [-0.15, -0.1) is 0 Å². The number of alkyl halides is 1. The highest BCUT2D eigenvalue weighted by Gasteiger charge is 2.26. The van der Waals surface area contributed by atoms with Crippen LogP contribution >= 0.6 is 15.9 Å². The van der Waals surface area contributed by atoms with Gasteiger partial charge >= 0.3 is 0 Å². The first kappa shape index (κ1) is 12.6. The highest BCUT2D eigenvalue weighted by molar-refractivity contribution is 9.09. The minimum absolute atomic E-state index is 0.0175. The molecule has 0 N–H and O–H groups in total. The average molecular weight is 301 g/mol. The first-order valence-electron chi connectivity index (χ1n) is 5.91. The van der Waals surface area contributed by atoms with Crippen molar-refractivity contribution in [3.8, 4) is 0 Å². The maximum atomic E-state index is 12.2. The summed E-state index contributed by atoms with van der Waals surface area (Å²) in [5, 5.41) is 1.02. The monoisotopic (exact) mass is 300 g/mol. The van der Waals surface area contributed by atoms with Gasteiger partial charge in [0, 0.05) is 25.3 Å². The second-order valence-corrected chi connectivity index (χ2v) is 5.18. The molecule has 0 aromatic carbocycles. The van der Waals surface area contributed by atoms with Crippen LogP contribution in [-0.2, 0) is 0 Å². The summed E-state index contributed by atoms with van der Waals surface area (Å²) >= 11 is 3.50. The summed E-state index contributed by atoms with van der Waals surface area (Å²) in [5.74, 6) is 1.63. The summed E-state index contributed by atoms with van der Waals surface area (Å²) in [6, 6.07) is 0. The third-order valence-corrected chi connectivity index (χ3v) is 4.13. The minimum Gasteiger partial charge on any atom is -0.436 e. The van der Waals surface area contributed by atoms with Gasteiger partial charge in [0.05, 0.1) is 5.69 Å². The van der Waals surface area contributed by atoms with Gasteiger partial charge in [-0.3, -0.25) is 4.79 Å². The second-order valence-electron chi connectivity index (χ2n) is 4.54. The molecule has 1 fully saturated rings. The molecule has 0 radical (unpaired) electrons. The zero-order valence-electron chi connectivity index (χ0n) is 10.2. The standard InChI is InChI=1S/C12H17BrN2O2/c1-8-11(17-9(2)14-8)12(16)15-5-3-10(7-13)4-6-15/h10H,3-7H2,1-2H3. The van der Waals surface area contributed by atoms with E-state index in [1.165, 1.54) is 0 Å². The molecule has 2 heterocycles. The summed E-state index contributed by atoms with van der Waals surface area (Å²) in [5.41, 5.74) is 0.690. The molecule has 1 aliphatic heterocycles. The molecule has 0 atom stereocenters. The van der Waals surface area contributed by atoms with E-state index >= 15 is 0 Å². The van der Waals surface area contributed by atoms with Crippen LogP contribution in [0.4, 0.5) is 0 Å². The number of hydrogen-bond donors (Lipinski definition) is 0. The van der Waals surface area contributed by atoms with E-state index in [-0.39, 0.29) is 5.91 Å². The van der Waals surface area contributed by atoms with Gasteiger partial charge in [0.2, 0.25) is 5.76 Å². The quantitative estimate of drug-likeness (QED) is 0.789. The third-order valence-electron chi connectivity index (χ3n) is 3.22. The molecule has 1 saturated heterocycles. The number of amides is 1. The maximum Gasteiger partial charge on any atom is 0.291 e. The summed E-state index contributed by atoms with van der Waals surface area (Å²) in [6.45, 7) is 5.21. The van der Waals surface area contributed by atoms with Crippen LogP contribution in [0.2, 0.25) is 0 Å². The normalized spacial score (nSPS) is 17.5. The van der Waals surface area contributed by atoms with E-state index < -0.39 is 0 Å². The molecule has 17 heavy (non-hydrogen) atoms. The molecule has 0 aliphatic carbocycles. The van der Waals surface area contributed by atoms with E-state index in [4.69, 9.17) is 4.42 Å². The Morgan fingerprint density at radius 2 is 2.12 bits per heavy atom. The smallest absolute Gasteiger partial charge is 0.291 e. The molecule has 1 aliphatic rings. The molecule has 0 spiro atoms. The Bertz CT molecular complexity index is 409. The number of carbonyl (C=O) groups excluding carboxylic acids is 1. The Morgan fingerprint density at radius 1 is 1.47 bits per heavy atom. The molecule has 0 saturated carbocycles. The Morgan fingerprint density at radius 3 is 2.59 bits per heavy atom. The second kappa shape index (κ2) is 5.21. The van der Waals surface area contributed by atoms with E-state index in [1.54, 1.807) is 6.92 Å². The van der Waals surface area contributed by atoms with Gasteiger partial charge in [0.15, 0.2) is 5.89 Å². The number of hydrogen-bond acceptors (Lipinski definition) is 3. The summed E-state index contributed by atoms with van der Waals surface area (Å²) in [4.78, 5) is 18.2. The fourth-order valence-electron chi connectivity index (χ4n) is 2.16. The van der Waals surface area contributed by atoms with Gasteiger partial charge in [-0.25, -0.2) is 4.98 Å². The van der Waals surface area contributed by atoms with E-state index in [0.29, 0.717) is 23.3 Å². The maximum absolute atomic E-state index is 12.2. The number of likely N-dealkylation sites (tertiary alicyclic amines) is 1. The molecular formula is C12H17BrN2O2. The molecule has 4 nitrogen and oxygen atoms in total. The number of halogens is 1. The van der Waals surface area contributed by atoms with Crippen molar-refractivity contribution in [2.45, 2.75) is 26.7 Å². The first-order valence-corrected chi connectivity index (χ1v) is 7.03. The molecule has 0 unspecified atom stereocenters. The Kier molecular flexibility index (Phi) is 3.86. The van der Waals surface area contributed by atoms with Crippen molar-refractivity contribution < 1.29 is 9.21 Å². The molecule has 1 aromatic rings. The van der Waals surface area contributed by atoms with Gasteiger partial charge < -0.3 is 9.32 Å². The van der Waals surface area contributed by atoms with Crippen molar-refractivity contribution in [2.24, 2.45) is 5.92 Å². The highest BCUT2D eigenvalue weighted by Crippen LogP contribution is 2.21. The number of oxazole rings is 1. The molecular weight excluding hydrogens is 284 g/mol. The van der Waals surface area contributed by atoms with Crippen LogP contribution in [0.5, 0.6) is 0 Å². The third kappa shape index (κ3) is 2.70. The van der Waals surface area contributed by atoms with E-state index in [9.17, 15) is 4.79 Å². The lowest BCUT2D eigenvalue weighted by Crippen LogP contribution is -2.38. The minimum atomic E-state index is -0.0175. The van der Waals surface area contributed by atoms with Crippen molar-refractivity contribution in [1.82, 2.24) is 9.88 Å². The predicted molar refractivity (Wildman–Crippen MR) is 68.4 cm³/mol. The molecule has 94 valence electrons. The van der Waals surface area contributed by atoms with Gasteiger partial charge in [0.25, 0.3) is 5.91 Å². The molecule has 5 heteroatoms. The number of piperidine rings is 1. The number of aryl methyl sites for hydroxylation is 2. The lowest BCUT2D eigenvalue weighted by Gasteiger charge is -2.30. The Balaban J connectivity index is 2.04. The van der Waals surface area contributed by atoms with Crippen LogP contribution in [-0.4, -0.2) is 34.2 Å². The highest BCUT2D eigenvalue weighted by atomic mass is 79.9. The molecule has 1 amide bonds. The van der Waals surface area contributed by atoms with Gasteiger partial charge in [-0.2, -0.15) is 0 Å². The van der Waals surface area contributed by atoms with Crippen LogP contribution in [0, 0.1) is 19.8 Å². The van der Waals surface area contributed by atoms with Crippen LogP contribution < -0.4 is 0 Å². The fourth-order valence-corrected chi connectivity index (χ4v) is 2.81. The lowest BCUT2D eigenvalue weighted by atomic mass is 9.99. The van der Waals surface area contributed by atoms with Crippen molar-refractivity contribution in [3.05, 3.63) is 17.3 Å². The van der Waals surface area contributed by atoms with Crippen LogP contribution in [0.15, 0.2) is 4.42 Å². The van der Waals surface area contributed by atoms with E-state index in [2.05, 4.69) is 20.9 Å². The summed E-state index contributed by atoms with van der Waals surface area (Å²) < 4.78 is 5.37. The number of rotatable bonds is 2. The van der Waals surface area contributed by atoms with Crippen LogP contribution in [0.1, 0.15) is 35.0 Å². The Hall–Kier alpha value is -0.840. The predicted octanol–water partition coefficient (Wildman–Crippen LogP) is 2.54. The van der Waals surface area contributed by atoms with Gasteiger partial charge in [0.1, 0.15) is 0 Å². The average Bonchev–Trinajstić information content (AvgIpc) is 2.68. The SMILES string of the molecule is Cc1nc(C)c(C(=O)N2CCC(CBr)CC2)o1. The number of aromatic nitrogens is 1. The first-order chi connectivity index (χ1) is 8.11. The summed E-state index contributed by atoms with van der Waals surface area (Å²) in [6.07, 6.45) is 2.12. The number of nitrogens with zero attached hydrogens (tertiary/aromatic N) is 2. The zero-order valence-corrected chi connectivity index (χ0v) is 11.8. The summed E-state index contributed by atoms with van der Waals surface area (Å²) in [7, 11) is 0. The molecule has 1 aromatic heterocycles. The lowest BCUT2D eigenvalue weighted by molar-refractivity contribution is 0.0664. The fraction of sp³-hybridized carbons (Fsp3) is 0.667. The van der Waals surface area contributed by atoms with Crippen molar-refractivity contribution in [3.63, 3.8) is 0 Å². The van der Waals surface area contributed by atoms with E-state index in [1.807, 2.05) is 11.8 Å². The Labute approximate surface area is 110 Å². The molecule has 0 bridgehead atoms. The van der Waals surface area contributed by atoms with Gasteiger partial charge in [-0.05, 0) is 25.7 Å². The van der Waals surface area contributed by atoms with Crippen LogP contribution in [0.3, 0.4) is 0 Å². The van der Waals surface area contributed by atoms with Crippen molar-refractivity contribution in [1.29, 1.82) is 0 Å². The van der Waals surface area contributed by atoms with Crippen molar-refractivity contribution in [2.75, 3.05) is 18.4 Å². The topological polar surface area (TPSA) is 46.3 Å². The van der Waals surface area contributed by atoms with Gasteiger partial charge in [-0.1, -0.05) is 15.9 Å². The van der Waals surface area contributed by atoms with Crippen molar-refractivity contribution >= 4 is 21.8 Å². The number of carbonyl (C=O) groups is 1. The zero-order chi connectivity index (χ0) is 12.4. The van der Waals surface area contributed by atoms with E-state index in [0.717, 1.165) is 31.3 Å².